The summed E-state index contributed by atoms with van der Waals surface area (Å²) in [5.74, 6) is 1.68. The molecule has 0 bridgehead atoms. The lowest BCUT2D eigenvalue weighted by Crippen LogP contribution is -2.40. The first-order chi connectivity index (χ1) is 15.3. The van der Waals surface area contributed by atoms with Crippen molar-refractivity contribution < 1.29 is 22.4 Å². The summed E-state index contributed by atoms with van der Waals surface area (Å²) in [5.41, 5.74) is 1.30. The second-order valence-corrected chi connectivity index (χ2v) is 10.4. The van der Waals surface area contributed by atoms with Crippen LogP contribution in [0.4, 0.5) is 0 Å². The van der Waals surface area contributed by atoms with Crippen LogP contribution in [0.2, 0.25) is 5.02 Å². The van der Waals surface area contributed by atoms with Crippen molar-refractivity contribution in [2.24, 2.45) is 0 Å². The molecule has 0 unspecified atom stereocenters. The Bertz CT molecular complexity index is 1200. The van der Waals surface area contributed by atoms with Crippen molar-refractivity contribution in [2.75, 3.05) is 18.1 Å². The van der Waals surface area contributed by atoms with Crippen molar-refractivity contribution in [1.82, 2.24) is 4.90 Å². The molecular formula is C24H24ClNO5S. The minimum Gasteiger partial charge on any atom is -0.494 e. The number of halogens is 1. The Morgan fingerprint density at radius 2 is 1.94 bits per heavy atom. The highest BCUT2D eigenvalue weighted by molar-refractivity contribution is 7.91. The summed E-state index contributed by atoms with van der Waals surface area (Å²) in [6, 6.07) is 17.4. The number of hydrogen-bond donors (Lipinski definition) is 0. The maximum Gasteiger partial charge on any atom is 0.254 e. The molecule has 0 radical (unpaired) electrons. The molecular weight excluding hydrogens is 450 g/mol. The third-order valence-electron chi connectivity index (χ3n) is 5.42. The van der Waals surface area contributed by atoms with E-state index in [0.717, 1.165) is 5.56 Å². The summed E-state index contributed by atoms with van der Waals surface area (Å²) in [6.45, 7) is 2.60. The monoisotopic (exact) mass is 473 g/mol. The summed E-state index contributed by atoms with van der Waals surface area (Å²) >= 11 is 6.08. The third-order valence-corrected chi connectivity index (χ3v) is 7.40. The minimum atomic E-state index is -3.16. The maximum absolute atomic E-state index is 13.4. The molecule has 2 aromatic carbocycles. The summed E-state index contributed by atoms with van der Waals surface area (Å²) < 4.78 is 35.6. The number of carbonyl (C=O) groups is 1. The van der Waals surface area contributed by atoms with Gasteiger partial charge in [-0.25, -0.2) is 8.42 Å². The molecule has 168 valence electrons. The SMILES string of the molecule is CCOc1ccc(C(=O)N(Cc2ccc(-c3cccc(Cl)c3)o2)[C@H]2CCS(=O)(=O)C2)cc1. The fourth-order valence-electron chi connectivity index (χ4n) is 3.84. The number of nitrogens with zero attached hydrogens (tertiary/aromatic N) is 1. The number of rotatable bonds is 7. The minimum absolute atomic E-state index is 0.0440. The molecule has 1 amide bonds. The Hall–Kier alpha value is -2.77. The molecule has 4 rings (SSSR count). The van der Waals surface area contributed by atoms with E-state index in [-0.39, 0.29) is 24.0 Å². The lowest BCUT2D eigenvalue weighted by Gasteiger charge is -2.27. The smallest absolute Gasteiger partial charge is 0.254 e. The molecule has 1 aliphatic rings. The Labute approximate surface area is 192 Å². The topological polar surface area (TPSA) is 76.8 Å². The zero-order valence-corrected chi connectivity index (χ0v) is 19.2. The van der Waals surface area contributed by atoms with Gasteiger partial charge in [0.25, 0.3) is 5.91 Å². The fraction of sp³-hybridized carbons (Fsp3) is 0.292. The van der Waals surface area contributed by atoms with Gasteiger partial charge >= 0.3 is 0 Å². The van der Waals surface area contributed by atoms with Gasteiger partial charge in [-0.05, 0) is 61.9 Å². The normalized spacial score (nSPS) is 17.2. The molecule has 6 nitrogen and oxygen atoms in total. The van der Waals surface area contributed by atoms with Crippen molar-refractivity contribution in [1.29, 1.82) is 0 Å². The summed E-state index contributed by atoms with van der Waals surface area (Å²) in [4.78, 5) is 15.0. The van der Waals surface area contributed by atoms with E-state index in [9.17, 15) is 13.2 Å². The number of carbonyl (C=O) groups excluding carboxylic acids is 1. The van der Waals surface area contributed by atoms with Gasteiger partial charge in [0.05, 0.1) is 24.7 Å². The van der Waals surface area contributed by atoms with Gasteiger partial charge in [-0.2, -0.15) is 0 Å². The molecule has 1 aliphatic heterocycles. The van der Waals surface area contributed by atoms with Crippen LogP contribution in [-0.4, -0.2) is 43.4 Å². The van der Waals surface area contributed by atoms with Crippen LogP contribution in [0.3, 0.4) is 0 Å². The average molecular weight is 474 g/mol. The third kappa shape index (κ3) is 5.16. The van der Waals surface area contributed by atoms with Gasteiger partial charge in [0.15, 0.2) is 9.84 Å². The Morgan fingerprint density at radius 1 is 1.16 bits per heavy atom. The van der Waals surface area contributed by atoms with Crippen molar-refractivity contribution in [3.8, 4) is 17.1 Å². The molecule has 0 spiro atoms. The van der Waals surface area contributed by atoms with Crippen molar-refractivity contribution >= 4 is 27.3 Å². The maximum atomic E-state index is 13.4. The predicted molar refractivity (Wildman–Crippen MR) is 124 cm³/mol. The predicted octanol–water partition coefficient (Wildman–Crippen LogP) is 4.83. The highest BCUT2D eigenvalue weighted by atomic mass is 35.5. The van der Waals surface area contributed by atoms with Gasteiger partial charge in [-0.15, -0.1) is 0 Å². The van der Waals surface area contributed by atoms with Crippen LogP contribution in [0.25, 0.3) is 11.3 Å². The lowest BCUT2D eigenvalue weighted by atomic mass is 10.1. The van der Waals surface area contributed by atoms with E-state index in [1.807, 2.05) is 25.1 Å². The van der Waals surface area contributed by atoms with Gasteiger partial charge in [0, 0.05) is 22.2 Å². The highest BCUT2D eigenvalue weighted by Gasteiger charge is 2.35. The number of hydrogen-bond acceptors (Lipinski definition) is 5. The van der Waals surface area contributed by atoms with Crippen LogP contribution < -0.4 is 4.74 Å². The molecule has 1 aromatic heterocycles. The van der Waals surface area contributed by atoms with Gasteiger partial charge in [-0.3, -0.25) is 4.79 Å². The van der Waals surface area contributed by atoms with E-state index in [0.29, 0.717) is 40.9 Å². The first-order valence-electron chi connectivity index (χ1n) is 10.4. The van der Waals surface area contributed by atoms with Crippen molar-refractivity contribution in [3.63, 3.8) is 0 Å². The number of amides is 1. The van der Waals surface area contributed by atoms with Crippen molar-refractivity contribution in [3.05, 3.63) is 77.0 Å². The average Bonchev–Trinajstić information content (AvgIpc) is 3.38. The second kappa shape index (κ2) is 9.38. The van der Waals surface area contributed by atoms with Crippen LogP contribution in [0.15, 0.2) is 65.1 Å². The van der Waals surface area contributed by atoms with Gasteiger partial charge in [0.1, 0.15) is 17.3 Å². The Kier molecular flexibility index (Phi) is 6.58. The van der Waals surface area contributed by atoms with E-state index >= 15 is 0 Å². The largest absolute Gasteiger partial charge is 0.494 e. The lowest BCUT2D eigenvalue weighted by molar-refractivity contribution is 0.0666. The molecule has 8 heteroatoms. The summed E-state index contributed by atoms with van der Waals surface area (Å²) in [7, 11) is -3.16. The Balaban J connectivity index is 1.59. The summed E-state index contributed by atoms with van der Waals surface area (Å²) in [6.07, 6.45) is 0.410. The highest BCUT2D eigenvalue weighted by Crippen LogP contribution is 2.28. The molecule has 3 aromatic rings. The molecule has 0 aliphatic carbocycles. The van der Waals surface area contributed by atoms with E-state index in [1.165, 1.54) is 0 Å². The van der Waals surface area contributed by atoms with Crippen molar-refractivity contribution in [2.45, 2.75) is 25.9 Å². The van der Waals surface area contributed by atoms with E-state index in [4.69, 9.17) is 20.8 Å². The van der Waals surface area contributed by atoms with Crippen LogP contribution in [0.5, 0.6) is 5.75 Å². The molecule has 1 saturated heterocycles. The van der Waals surface area contributed by atoms with Crippen LogP contribution in [0, 0.1) is 0 Å². The zero-order valence-electron chi connectivity index (χ0n) is 17.7. The molecule has 0 saturated carbocycles. The van der Waals surface area contributed by atoms with Crippen LogP contribution in [-0.2, 0) is 16.4 Å². The quantitative estimate of drug-likeness (QED) is 0.491. The molecule has 1 fully saturated rings. The second-order valence-electron chi connectivity index (χ2n) is 7.72. The molecule has 1 atom stereocenters. The van der Waals surface area contributed by atoms with Gasteiger partial charge in [-0.1, -0.05) is 23.7 Å². The number of sulfone groups is 1. The van der Waals surface area contributed by atoms with E-state index in [1.54, 1.807) is 47.4 Å². The number of benzene rings is 2. The fourth-order valence-corrected chi connectivity index (χ4v) is 5.76. The van der Waals surface area contributed by atoms with Crippen LogP contribution >= 0.6 is 11.6 Å². The number of ether oxygens (including phenoxy) is 1. The first-order valence-corrected chi connectivity index (χ1v) is 12.6. The molecule has 32 heavy (non-hydrogen) atoms. The summed E-state index contributed by atoms with van der Waals surface area (Å²) in [5, 5.41) is 0.601. The zero-order chi connectivity index (χ0) is 22.7. The van der Waals surface area contributed by atoms with Gasteiger partial charge in [0.2, 0.25) is 0 Å². The number of furan rings is 1. The molecule has 0 N–H and O–H groups in total. The first kappa shape index (κ1) is 22.4. The standard InChI is InChI=1S/C24H24ClNO5S/c1-2-30-21-8-6-17(7-9-21)24(27)26(20-12-13-32(28,29)16-20)15-22-10-11-23(31-22)18-4-3-5-19(25)14-18/h3-11,14,20H,2,12-13,15-16H2,1H3/t20-/m0/s1. The van der Waals surface area contributed by atoms with Gasteiger partial charge < -0.3 is 14.1 Å². The van der Waals surface area contributed by atoms with E-state index < -0.39 is 15.9 Å². The van der Waals surface area contributed by atoms with Crippen LogP contribution in [0.1, 0.15) is 29.5 Å². The molecule has 2 heterocycles. The Morgan fingerprint density at radius 3 is 2.59 bits per heavy atom. The van der Waals surface area contributed by atoms with E-state index in [2.05, 4.69) is 0 Å².